The molecule has 0 saturated carbocycles. The van der Waals surface area contributed by atoms with E-state index < -0.39 is 21.5 Å². The normalized spacial score (nSPS) is 13.8. The highest BCUT2D eigenvalue weighted by Crippen LogP contribution is 2.27. The standard InChI is InChI=1S/C20H24N2O5S2/c1-14-16(20(24)22-8-6-18-15(12-22)7-10-28-18)4-3-5-17(14)21-19(23)13-29(25,26)11-9-27-2/h3-5,7,10H,6,8-9,11-13H2,1-2H3,(H,21,23). The molecule has 3 rings (SSSR count). The van der Waals surface area contributed by atoms with E-state index in [2.05, 4.69) is 5.32 Å². The maximum atomic E-state index is 13.0. The second-order valence-corrected chi connectivity index (χ2v) is 10.1. The molecule has 9 heteroatoms. The first-order chi connectivity index (χ1) is 13.8. The van der Waals surface area contributed by atoms with Crippen molar-refractivity contribution in [2.45, 2.75) is 19.9 Å². The summed E-state index contributed by atoms with van der Waals surface area (Å²) < 4.78 is 28.6. The first-order valence-corrected chi connectivity index (χ1v) is 11.9. The zero-order chi connectivity index (χ0) is 21.0. The lowest BCUT2D eigenvalue weighted by Gasteiger charge is -2.28. The molecular formula is C20H24N2O5S2. The van der Waals surface area contributed by atoms with Gasteiger partial charge in [0.2, 0.25) is 5.91 Å². The molecule has 2 amide bonds. The van der Waals surface area contributed by atoms with Crippen LogP contribution < -0.4 is 5.32 Å². The molecule has 2 aromatic rings. The second-order valence-electron chi connectivity index (χ2n) is 6.96. The van der Waals surface area contributed by atoms with Crippen LogP contribution in [0.25, 0.3) is 0 Å². The van der Waals surface area contributed by atoms with Gasteiger partial charge in [-0.3, -0.25) is 9.59 Å². The van der Waals surface area contributed by atoms with E-state index in [0.29, 0.717) is 29.9 Å². The fourth-order valence-corrected chi connectivity index (χ4v) is 5.19. The van der Waals surface area contributed by atoms with E-state index in [4.69, 9.17) is 4.74 Å². The first-order valence-electron chi connectivity index (χ1n) is 9.24. The molecule has 0 bridgehead atoms. The van der Waals surface area contributed by atoms with Gasteiger partial charge in [-0.15, -0.1) is 11.3 Å². The fourth-order valence-electron chi connectivity index (χ4n) is 3.26. The molecule has 0 fully saturated rings. The molecule has 1 aliphatic heterocycles. The van der Waals surface area contributed by atoms with Gasteiger partial charge in [0, 0.05) is 36.3 Å². The third-order valence-electron chi connectivity index (χ3n) is 4.88. The third-order valence-corrected chi connectivity index (χ3v) is 7.40. The number of amides is 2. The van der Waals surface area contributed by atoms with Crippen LogP contribution >= 0.6 is 11.3 Å². The predicted octanol–water partition coefficient (Wildman–Crippen LogP) is 2.25. The first kappa shape index (κ1) is 21.5. The van der Waals surface area contributed by atoms with Gasteiger partial charge in [0.1, 0.15) is 5.75 Å². The van der Waals surface area contributed by atoms with Gasteiger partial charge in [-0.05, 0) is 48.1 Å². The Morgan fingerprint density at radius 3 is 2.83 bits per heavy atom. The van der Waals surface area contributed by atoms with Crippen molar-refractivity contribution < 1.29 is 22.7 Å². The zero-order valence-corrected chi connectivity index (χ0v) is 18.1. The zero-order valence-electron chi connectivity index (χ0n) is 16.4. The highest BCUT2D eigenvalue weighted by molar-refractivity contribution is 7.92. The number of benzene rings is 1. The smallest absolute Gasteiger partial charge is 0.254 e. The summed E-state index contributed by atoms with van der Waals surface area (Å²) in [7, 11) is -2.15. The monoisotopic (exact) mass is 436 g/mol. The van der Waals surface area contributed by atoms with Gasteiger partial charge in [-0.2, -0.15) is 0 Å². The number of methoxy groups -OCH3 is 1. The van der Waals surface area contributed by atoms with E-state index >= 15 is 0 Å². The van der Waals surface area contributed by atoms with Gasteiger partial charge in [0.05, 0.1) is 12.4 Å². The fraction of sp³-hybridized carbons (Fsp3) is 0.400. The van der Waals surface area contributed by atoms with Crippen LogP contribution in [-0.4, -0.2) is 56.9 Å². The molecule has 0 radical (unpaired) electrons. The highest BCUT2D eigenvalue weighted by atomic mass is 32.2. The van der Waals surface area contributed by atoms with Crippen molar-refractivity contribution in [3.05, 3.63) is 51.2 Å². The van der Waals surface area contributed by atoms with E-state index in [1.165, 1.54) is 17.6 Å². The molecule has 2 heterocycles. The summed E-state index contributed by atoms with van der Waals surface area (Å²) in [6, 6.07) is 7.13. The Kier molecular flexibility index (Phi) is 6.71. The maximum absolute atomic E-state index is 13.0. The number of carbonyl (C=O) groups excluding carboxylic acids is 2. The molecule has 1 aromatic carbocycles. The molecular weight excluding hydrogens is 412 g/mol. The molecule has 0 spiro atoms. The molecule has 0 saturated heterocycles. The van der Waals surface area contributed by atoms with E-state index in [0.717, 1.165) is 6.42 Å². The Labute approximate surface area is 174 Å². The van der Waals surface area contributed by atoms with Gasteiger partial charge >= 0.3 is 0 Å². The van der Waals surface area contributed by atoms with Crippen LogP contribution in [0.3, 0.4) is 0 Å². The van der Waals surface area contributed by atoms with Gasteiger partial charge < -0.3 is 15.0 Å². The summed E-state index contributed by atoms with van der Waals surface area (Å²) in [4.78, 5) is 28.4. The number of nitrogens with one attached hydrogen (secondary N) is 1. The molecule has 0 unspecified atom stereocenters. The van der Waals surface area contributed by atoms with Crippen LogP contribution in [0.1, 0.15) is 26.4 Å². The molecule has 1 N–H and O–H groups in total. The topological polar surface area (TPSA) is 92.8 Å². The summed E-state index contributed by atoms with van der Waals surface area (Å²) >= 11 is 1.71. The number of nitrogens with zero attached hydrogens (tertiary/aromatic N) is 1. The summed E-state index contributed by atoms with van der Waals surface area (Å²) in [6.45, 7) is 3.02. The number of anilines is 1. The summed E-state index contributed by atoms with van der Waals surface area (Å²) in [5, 5.41) is 4.67. The van der Waals surface area contributed by atoms with Crippen molar-refractivity contribution >= 4 is 38.7 Å². The Bertz CT molecular complexity index is 1010. The Hall–Kier alpha value is -2.23. The van der Waals surface area contributed by atoms with Crippen LogP contribution in [0.4, 0.5) is 5.69 Å². The number of rotatable bonds is 7. The van der Waals surface area contributed by atoms with Crippen LogP contribution in [-0.2, 0) is 32.3 Å². The number of carbonyl (C=O) groups is 2. The number of sulfone groups is 1. The number of hydrogen-bond donors (Lipinski definition) is 1. The largest absolute Gasteiger partial charge is 0.384 e. The van der Waals surface area contributed by atoms with Crippen molar-refractivity contribution in [1.82, 2.24) is 4.90 Å². The van der Waals surface area contributed by atoms with E-state index in [1.807, 2.05) is 11.4 Å². The quantitative estimate of drug-likeness (QED) is 0.719. The van der Waals surface area contributed by atoms with E-state index in [9.17, 15) is 18.0 Å². The number of hydrogen-bond acceptors (Lipinski definition) is 6. The van der Waals surface area contributed by atoms with Crippen molar-refractivity contribution in [2.75, 3.05) is 37.1 Å². The van der Waals surface area contributed by atoms with Crippen LogP contribution in [0.2, 0.25) is 0 Å². The number of fused-ring (bicyclic) bond motifs is 1. The third kappa shape index (κ3) is 5.23. The molecule has 1 aliphatic rings. The predicted molar refractivity (Wildman–Crippen MR) is 113 cm³/mol. The van der Waals surface area contributed by atoms with Crippen molar-refractivity contribution in [3.63, 3.8) is 0 Å². The summed E-state index contributed by atoms with van der Waals surface area (Å²) in [6.07, 6.45) is 0.841. The average molecular weight is 437 g/mol. The highest BCUT2D eigenvalue weighted by Gasteiger charge is 2.24. The van der Waals surface area contributed by atoms with Gasteiger partial charge in [0.15, 0.2) is 9.84 Å². The molecule has 1 aromatic heterocycles. The van der Waals surface area contributed by atoms with Crippen molar-refractivity contribution in [2.24, 2.45) is 0 Å². The Morgan fingerprint density at radius 1 is 1.28 bits per heavy atom. The lowest BCUT2D eigenvalue weighted by molar-refractivity contribution is -0.113. The SMILES string of the molecule is COCCS(=O)(=O)CC(=O)Nc1cccc(C(=O)N2CCc3sccc3C2)c1C. The molecule has 156 valence electrons. The van der Waals surface area contributed by atoms with Crippen molar-refractivity contribution in [1.29, 1.82) is 0 Å². The van der Waals surface area contributed by atoms with Crippen LogP contribution in [0, 0.1) is 6.92 Å². The van der Waals surface area contributed by atoms with E-state index in [-0.39, 0.29) is 18.3 Å². The van der Waals surface area contributed by atoms with Crippen molar-refractivity contribution in [3.8, 4) is 0 Å². The Balaban J connectivity index is 1.71. The van der Waals surface area contributed by atoms with Gasteiger partial charge in [-0.25, -0.2) is 8.42 Å². The van der Waals surface area contributed by atoms with Gasteiger partial charge in [0.25, 0.3) is 5.91 Å². The lowest BCUT2D eigenvalue weighted by Crippen LogP contribution is -2.35. The van der Waals surface area contributed by atoms with E-state index in [1.54, 1.807) is 41.4 Å². The molecule has 0 atom stereocenters. The molecule has 0 aliphatic carbocycles. The lowest BCUT2D eigenvalue weighted by atomic mass is 10.0. The maximum Gasteiger partial charge on any atom is 0.254 e. The van der Waals surface area contributed by atoms with Crippen LogP contribution in [0.5, 0.6) is 0 Å². The number of thiophene rings is 1. The minimum Gasteiger partial charge on any atom is -0.384 e. The summed E-state index contributed by atoms with van der Waals surface area (Å²) in [5.74, 6) is -1.56. The number of ether oxygens (including phenoxy) is 1. The average Bonchev–Trinajstić information content (AvgIpc) is 3.15. The minimum atomic E-state index is -3.55. The molecule has 29 heavy (non-hydrogen) atoms. The molecule has 7 nitrogen and oxygen atoms in total. The summed E-state index contributed by atoms with van der Waals surface area (Å²) in [5.41, 5.74) is 2.74. The second kappa shape index (κ2) is 9.06. The minimum absolute atomic E-state index is 0.0420. The Morgan fingerprint density at radius 2 is 2.07 bits per heavy atom. The van der Waals surface area contributed by atoms with Gasteiger partial charge in [-0.1, -0.05) is 6.07 Å². The van der Waals surface area contributed by atoms with Crippen LogP contribution in [0.15, 0.2) is 29.6 Å².